The number of ether oxygens (including phenoxy) is 12. The molecule has 0 atom stereocenters. The summed E-state index contributed by atoms with van der Waals surface area (Å²) in [7, 11) is 0. The van der Waals surface area contributed by atoms with Gasteiger partial charge in [0.25, 0.3) is 0 Å². The highest BCUT2D eigenvalue weighted by Crippen LogP contribution is 1.87. The topological polar surface area (TPSA) is 128 Å². The number of esters is 1. The number of rotatable bonds is 34. The van der Waals surface area contributed by atoms with Crippen LogP contribution in [0.5, 0.6) is 0 Å². The predicted octanol–water partition coefficient (Wildman–Crippen LogP) is 0.876. The van der Waals surface area contributed by atoms with Gasteiger partial charge in [0.1, 0.15) is 13.2 Å². The molecular formula is C26H50O13. The van der Waals surface area contributed by atoms with Crippen molar-refractivity contribution in [3.8, 4) is 0 Å². The first kappa shape index (κ1) is 37.6. The molecule has 232 valence electrons. The first-order valence-electron chi connectivity index (χ1n) is 13.4. The summed E-state index contributed by atoms with van der Waals surface area (Å²) in [5.41, 5.74) is 0. The fourth-order valence-corrected chi connectivity index (χ4v) is 2.52. The highest BCUT2D eigenvalue weighted by molar-refractivity contribution is 5.65. The van der Waals surface area contributed by atoms with E-state index in [-0.39, 0.29) is 12.6 Å². The molecule has 0 aromatic carbocycles. The highest BCUT2D eigenvalue weighted by Gasteiger charge is 1.96. The Balaban J connectivity index is 3.03. The third-order valence-corrected chi connectivity index (χ3v) is 4.34. The maximum Gasteiger partial charge on any atom is 0.302 e. The van der Waals surface area contributed by atoms with E-state index in [9.17, 15) is 4.79 Å². The summed E-state index contributed by atoms with van der Waals surface area (Å²) in [6, 6.07) is 0. The molecule has 39 heavy (non-hydrogen) atoms. The van der Waals surface area contributed by atoms with Gasteiger partial charge in [-0.05, 0) is 0 Å². The van der Waals surface area contributed by atoms with E-state index >= 15 is 0 Å². The number of hydrogen-bond donors (Lipinski definition) is 0. The SMILES string of the molecule is C=COCCOCCOCCOCCOCCOCCOCCOCCOCCOCCOCCOC(C)=O. The summed E-state index contributed by atoms with van der Waals surface area (Å²) in [5, 5.41) is 0. The molecule has 0 fully saturated rings. The van der Waals surface area contributed by atoms with Crippen LogP contribution in [0, 0.1) is 0 Å². The van der Waals surface area contributed by atoms with Gasteiger partial charge in [0.15, 0.2) is 0 Å². The minimum atomic E-state index is -0.311. The van der Waals surface area contributed by atoms with E-state index in [1.807, 2.05) is 0 Å². The third kappa shape index (κ3) is 36.6. The Labute approximate surface area is 233 Å². The van der Waals surface area contributed by atoms with Crippen LogP contribution in [-0.2, 0) is 61.6 Å². The van der Waals surface area contributed by atoms with Gasteiger partial charge in [0.05, 0.1) is 138 Å². The zero-order valence-corrected chi connectivity index (χ0v) is 23.6. The zero-order valence-electron chi connectivity index (χ0n) is 23.6. The van der Waals surface area contributed by atoms with Crippen molar-refractivity contribution in [1.82, 2.24) is 0 Å². The largest absolute Gasteiger partial charge is 0.499 e. The summed E-state index contributed by atoms with van der Waals surface area (Å²) in [4.78, 5) is 10.6. The molecule has 0 N–H and O–H groups in total. The van der Waals surface area contributed by atoms with E-state index in [0.717, 1.165) is 0 Å². The number of carbonyl (C=O) groups is 1. The van der Waals surface area contributed by atoms with Crippen LogP contribution in [0.3, 0.4) is 0 Å². The van der Waals surface area contributed by atoms with Crippen LogP contribution in [0.2, 0.25) is 0 Å². The van der Waals surface area contributed by atoms with Gasteiger partial charge in [-0.2, -0.15) is 0 Å². The molecule has 13 heteroatoms. The van der Waals surface area contributed by atoms with E-state index in [2.05, 4.69) is 6.58 Å². The van der Waals surface area contributed by atoms with E-state index in [1.54, 1.807) is 0 Å². The average Bonchev–Trinajstić information content (AvgIpc) is 2.93. The molecule has 0 aromatic heterocycles. The number of hydrogen-bond acceptors (Lipinski definition) is 13. The van der Waals surface area contributed by atoms with Gasteiger partial charge in [0.2, 0.25) is 0 Å². The zero-order chi connectivity index (χ0) is 28.3. The van der Waals surface area contributed by atoms with E-state index in [1.165, 1.54) is 13.2 Å². The quantitative estimate of drug-likeness (QED) is 0.0617. The summed E-state index contributed by atoms with van der Waals surface area (Å²) in [6.07, 6.45) is 1.39. The molecule has 0 saturated heterocycles. The van der Waals surface area contributed by atoms with E-state index in [0.29, 0.717) is 139 Å². The van der Waals surface area contributed by atoms with Crippen molar-refractivity contribution < 1.29 is 61.6 Å². The molecule has 0 saturated carbocycles. The maximum absolute atomic E-state index is 10.6. The number of carbonyl (C=O) groups excluding carboxylic acids is 1. The van der Waals surface area contributed by atoms with Crippen molar-refractivity contribution in [1.29, 1.82) is 0 Å². The van der Waals surface area contributed by atoms with Gasteiger partial charge in [-0.1, -0.05) is 6.58 Å². The maximum atomic E-state index is 10.6. The lowest BCUT2D eigenvalue weighted by atomic mass is 10.6. The molecular weight excluding hydrogens is 520 g/mol. The Kier molecular flexibility index (Phi) is 33.4. The first-order valence-corrected chi connectivity index (χ1v) is 13.4. The van der Waals surface area contributed by atoms with Crippen LogP contribution < -0.4 is 0 Å². The minimum Gasteiger partial charge on any atom is -0.499 e. The van der Waals surface area contributed by atoms with Gasteiger partial charge in [-0.25, -0.2) is 0 Å². The van der Waals surface area contributed by atoms with Crippen LogP contribution in [0.15, 0.2) is 12.8 Å². The van der Waals surface area contributed by atoms with Gasteiger partial charge >= 0.3 is 5.97 Å². The smallest absolute Gasteiger partial charge is 0.302 e. The van der Waals surface area contributed by atoms with Gasteiger partial charge in [-0.15, -0.1) is 0 Å². The molecule has 0 unspecified atom stereocenters. The second kappa shape index (κ2) is 34.6. The second-order valence-electron chi connectivity index (χ2n) is 7.50. The molecule has 0 radical (unpaired) electrons. The summed E-state index contributed by atoms with van der Waals surface area (Å²) < 4.78 is 63.6. The predicted molar refractivity (Wildman–Crippen MR) is 141 cm³/mol. The third-order valence-electron chi connectivity index (χ3n) is 4.34. The Hall–Kier alpha value is -1.39. The fourth-order valence-electron chi connectivity index (χ4n) is 2.52. The van der Waals surface area contributed by atoms with Crippen molar-refractivity contribution in [2.24, 2.45) is 0 Å². The summed E-state index contributed by atoms with van der Waals surface area (Å²) in [5.74, 6) is -0.311. The van der Waals surface area contributed by atoms with Crippen molar-refractivity contribution >= 4 is 5.97 Å². The van der Waals surface area contributed by atoms with Crippen LogP contribution in [-0.4, -0.2) is 151 Å². The van der Waals surface area contributed by atoms with Crippen LogP contribution in [0.1, 0.15) is 6.92 Å². The molecule has 0 aliphatic rings. The lowest BCUT2D eigenvalue weighted by molar-refractivity contribution is -0.142. The molecule has 0 rings (SSSR count). The molecule has 0 aromatic rings. The lowest BCUT2D eigenvalue weighted by Crippen LogP contribution is -2.15. The molecule has 0 aliphatic carbocycles. The fraction of sp³-hybridized carbons (Fsp3) is 0.885. The highest BCUT2D eigenvalue weighted by atomic mass is 16.6. The molecule has 0 aliphatic heterocycles. The van der Waals surface area contributed by atoms with Gasteiger partial charge < -0.3 is 56.8 Å². The molecule has 13 nitrogen and oxygen atoms in total. The van der Waals surface area contributed by atoms with Crippen molar-refractivity contribution in [3.63, 3.8) is 0 Å². The molecule has 0 bridgehead atoms. The summed E-state index contributed by atoms with van der Waals surface area (Å²) in [6.45, 7) is 15.4. The van der Waals surface area contributed by atoms with Crippen molar-refractivity contribution in [3.05, 3.63) is 12.8 Å². The van der Waals surface area contributed by atoms with Crippen molar-refractivity contribution in [2.75, 3.05) is 145 Å². The summed E-state index contributed by atoms with van der Waals surface area (Å²) >= 11 is 0. The standard InChI is InChI=1S/C26H50O13/c1-3-28-4-5-29-6-7-30-8-9-31-10-11-32-12-13-33-14-15-34-16-17-35-18-19-36-20-21-37-22-23-38-24-25-39-26(2)27/h3H,1,4-25H2,2H3. The molecule has 0 amide bonds. The van der Waals surface area contributed by atoms with Gasteiger partial charge in [0, 0.05) is 6.92 Å². The molecule has 0 heterocycles. The average molecular weight is 571 g/mol. The van der Waals surface area contributed by atoms with Crippen LogP contribution >= 0.6 is 0 Å². The van der Waals surface area contributed by atoms with Crippen molar-refractivity contribution in [2.45, 2.75) is 6.92 Å². The minimum absolute atomic E-state index is 0.259. The van der Waals surface area contributed by atoms with Crippen LogP contribution in [0.25, 0.3) is 0 Å². The Bertz CT molecular complexity index is 496. The molecule has 0 spiro atoms. The van der Waals surface area contributed by atoms with Crippen LogP contribution in [0.4, 0.5) is 0 Å². The second-order valence-corrected chi connectivity index (χ2v) is 7.50. The van der Waals surface area contributed by atoms with E-state index < -0.39 is 0 Å². The Morgan fingerprint density at radius 1 is 0.410 bits per heavy atom. The normalized spacial score (nSPS) is 11.1. The monoisotopic (exact) mass is 570 g/mol. The van der Waals surface area contributed by atoms with Gasteiger partial charge in [-0.3, -0.25) is 4.79 Å². The lowest BCUT2D eigenvalue weighted by Gasteiger charge is -2.09. The first-order chi connectivity index (χ1) is 19.3. The Morgan fingerprint density at radius 3 is 0.821 bits per heavy atom. The van der Waals surface area contributed by atoms with E-state index in [4.69, 9.17) is 56.8 Å². The Morgan fingerprint density at radius 2 is 0.615 bits per heavy atom.